The lowest BCUT2D eigenvalue weighted by molar-refractivity contribution is 0.832. The summed E-state index contributed by atoms with van der Waals surface area (Å²) in [5, 5.41) is 0. The third-order valence-corrected chi connectivity index (χ3v) is 5.16. The Kier molecular flexibility index (Phi) is 7.02. The van der Waals surface area contributed by atoms with Gasteiger partial charge in [-0.3, -0.25) is 4.99 Å². The number of rotatable bonds is 8. The maximum absolute atomic E-state index is 4.84. The molecule has 0 radical (unpaired) electrons. The van der Waals surface area contributed by atoms with E-state index in [9.17, 15) is 0 Å². The summed E-state index contributed by atoms with van der Waals surface area (Å²) in [6, 6.07) is 25.8. The van der Waals surface area contributed by atoms with Gasteiger partial charge in [0, 0.05) is 25.0 Å². The largest absolute Gasteiger partial charge is 0.367 e. The summed E-state index contributed by atoms with van der Waals surface area (Å²) in [5.41, 5.74) is 7.47. The molecule has 0 fully saturated rings. The molecule has 0 aromatic heterocycles. The SMILES string of the molecule is CCc1cccc(CC)c1N=Cc1ccc(N(CC)Cc2ccccc2)cc1. The van der Waals surface area contributed by atoms with Crippen molar-refractivity contribution in [1.82, 2.24) is 0 Å². The van der Waals surface area contributed by atoms with Gasteiger partial charge in [0.1, 0.15) is 0 Å². The predicted octanol–water partition coefficient (Wildman–Crippen LogP) is 6.59. The van der Waals surface area contributed by atoms with Crippen LogP contribution in [0.2, 0.25) is 0 Å². The Morgan fingerprint density at radius 2 is 1.39 bits per heavy atom. The second-order valence-corrected chi connectivity index (χ2v) is 6.98. The highest BCUT2D eigenvalue weighted by Crippen LogP contribution is 2.26. The highest BCUT2D eigenvalue weighted by Gasteiger charge is 2.06. The van der Waals surface area contributed by atoms with Gasteiger partial charge >= 0.3 is 0 Å². The second-order valence-electron chi connectivity index (χ2n) is 6.98. The number of para-hydroxylation sites is 1. The normalized spacial score (nSPS) is 11.1. The molecule has 0 spiro atoms. The van der Waals surface area contributed by atoms with Crippen molar-refractivity contribution < 1.29 is 0 Å². The van der Waals surface area contributed by atoms with Crippen molar-refractivity contribution in [2.45, 2.75) is 40.2 Å². The zero-order valence-electron chi connectivity index (χ0n) is 17.2. The van der Waals surface area contributed by atoms with E-state index in [-0.39, 0.29) is 0 Å². The van der Waals surface area contributed by atoms with Gasteiger partial charge in [0.15, 0.2) is 0 Å². The fraction of sp³-hybridized carbons (Fsp3) is 0.269. The van der Waals surface area contributed by atoms with Crippen LogP contribution in [0.5, 0.6) is 0 Å². The predicted molar refractivity (Wildman–Crippen MR) is 122 cm³/mol. The summed E-state index contributed by atoms with van der Waals surface area (Å²) in [5.74, 6) is 0. The molecule has 3 aromatic rings. The quantitative estimate of drug-likeness (QED) is 0.408. The van der Waals surface area contributed by atoms with Crippen molar-refractivity contribution in [3.63, 3.8) is 0 Å². The van der Waals surface area contributed by atoms with Crippen LogP contribution in [0.25, 0.3) is 0 Å². The molecule has 0 bridgehead atoms. The smallest absolute Gasteiger partial charge is 0.0693 e. The lowest BCUT2D eigenvalue weighted by Gasteiger charge is -2.23. The number of hydrogen-bond acceptors (Lipinski definition) is 2. The number of benzene rings is 3. The van der Waals surface area contributed by atoms with Crippen molar-refractivity contribution in [3.05, 3.63) is 95.1 Å². The van der Waals surface area contributed by atoms with E-state index in [2.05, 4.69) is 98.5 Å². The average molecular weight is 371 g/mol. The minimum Gasteiger partial charge on any atom is -0.367 e. The monoisotopic (exact) mass is 370 g/mol. The molecule has 3 aromatic carbocycles. The van der Waals surface area contributed by atoms with Crippen LogP contribution < -0.4 is 4.90 Å². The summed E-state index contributed by atoms with van der Waals surface area (Å²) < 4.78 is 0. The van der Waals surface area contributed by atoms with Crippen molar-refractivity contribution in [2.75, 3.05) is 11.4 Å². The molecule has 0 aliphatic carbocycles. The molecule has 2 nitrogen and oxygen atoms in total. The first-order valence-electron chi connectivity index (χ1n) is 10.3. The molecule has 3 rings (SSSR count). The van der Waals surface area contributed by atoms with E-state index in [1.165, 1.54) is 22.4 Å². The van der Waals surface area contributed by atoms with E-state index in [1.54, 1.807) is 0 Å². The highest BCUT2D eigenvalue weighted by molar-refractivity contribution is 5.83. The van der Waals surface area contributed by atoms with E-state index in [4.69, 9.17) is 4.99 Å². The van der Waals surface area contributed by atoms with Gasteiger partial charge in [0.2, 0.25) is 0 Å². The van der Waals surface area contributed by atoms with Crippen molar-refractivity contribution in [3.8, 4) is 0 Å². The van der Waals surface area contributed by atoms with Crippen molar-refractivity contribution in [1.29, 1.82) is 0 Å². The Labute approximate surface area is 169 Å². The summed E-state index contributed by atoms with van der Waals surface area (Å²) >= 11 is 0. The van der Waals surface area contributed by atoms with Gasteiger partial charge in [-0.1, -0.05) is 74.5 Å². The molecule has 144 valence electrons. The molecule has 0 aliphatic heterocycles. The molecule has 0 saturated carbocycles. The van der Waals surface area contributed by atoms with Crippen LogP contribution >= 0.6 is 0 Å². The Hall–Kier alpha value is -2.87. The molecular formula is C26H30N2. The molecule has 0 N–H and O–H groups in total. The first kappa shape index (κ1) is 19.9. The van der Waals surface area contributed by atoms with Crippen molar-refractivity contribution >= 4 is 17.6 Å². The van der Waals surface area contributed by atoms with Crippen LogP contribution in [0.3, 0.4) is 0 Å². The first-order valence-corrected chi connectivity index (χ1v) is 10.3. The lowest BCUT2D eigenvalue weighted by atomic mass is 10.0. The van der Waals surface area contributed by atoms with Crippen LogP contribution in [0.4, 0.5) is 11.4 Å². The van der Waals surface area contributed by atoms with E-state index in [1.807, 2.05) is 6.21 Å². The van der Waals surface area contributed by atoms with Crippen LogP contribution in [-0.4, -0.2) is 12.8 Å². The van der Waals surface area contributed by atoms with Gasteiger partial charge in [-0.25, -0.2) is 0 Å². The minimum absolute atomic E-state index is 0.925. The Morgan fingerprint density at radius 1 is 0.750 bits per heavy atom. The molecule has 0 unspecified atom stereocenters. The molecule has 0 atom stereocenters. The zero-order valence-corrected chi connectivity index (χ0v) is 17.2. The van der Waals surface area contributed by atoms with E-state index < -0.39 is 0 Å². The van der Waals surface area contributed by atoms with E-state index in [0.29, 0.717) is 0 Å². The second kappa shape index (κ2) is 9.89. The average Bonchev–Trinajstić information content (AvgIpc) is 2.76. The first-order chi connectivity index (χ1) is 13.7. The lowest BCUT2D eigenvalue weighted by Crippen LogP contribution is -2.21. The van der Waals surface area contributed by atoms with Crippen LogP contribution in [0, 0.1) is 0 Å². The van der Waals surface area contributed by atoms with Crippen LogP contribution in [-0.2, 0) is 19.4 Å². The van der Waals surface area contributed by atoms with Gasteiger partial charge in [-0.15, -0.1) is 0 Å². The topological polar surface area (TPSA) is 15.6 Å². The Balaban J connectivity index is 1.76. The fourth-order valence-electron chi connectivity index (χ4n) is 3.48. The van der Waals surface area contributed by atoms with Gasteiger partial charge in [-0.2, -0.15) is 0 Å². The summed E-state index contributed by atoms with van der Waals surface area (Å²) in [6.07, 6.45) is 4.00. The molecule has 0 heterocycles. The summed E-state index contributed by atoms with van der Waals surface area (Å²) in [4.78, 5) is 7.23. The van der Waals surface area contributed by atoms with Gasteiger partial charge in [-0.05, 0) is 54.2 Å². The van der Waals surface area contributed by atoms with Crippen LogP contribution in [0.15, 0.2) is 77.8 Å². The maximum Gasteiger partial charge on any atom is 0.0693 e. The highest BCUT2D eigenvalue weighted by atomic mass is 15.1. The number of aliphatic imine (C=N–C) groups is 1. The third kappa shape index (κ3) is 4.89. The summed E-state index contributed by atoms with van der Waals surface area (Å²) in [7, 11) is 0. The molecular weight excluding hydrogens is 340 g/mol. The van der Waals surface area contributed by atoms with E-state index >= 15 is 0 Å². The summed E-state index contributed by atoms with van der Waals surface area (Å²) in [6.45, 7) is 8.48. The maximum atomic E-state index is 4.84. The number of hydrogen-bond donors (Lipinski definition) is 0. The molecule has 0 saturated heterocycles. The van der Waals surface area contributed by atoms with Gasteiger partial charge in [0.25, 0.3) is 0 Å². The number of anilines is 1. The molecule has 2 heteroatoms. The molecule has 0 aliphatic rings. The zero-order chi connectivity index (χ0) is 19.8. The molecule has 0 amide bonds. The minimum atomic E-state index is 0.925. The number of nitrogens with zero attached hydrogens (tertiary/aromatic N) is 2. The Morgan fingerprint density at radius 3 is 1.96 bits per heavy atom. The van der Waals surface area contributed by atoms with E-state index in [0.717, 1.165) is 37.2 Å². The van der Waals surface area contributed by atoms with Crippen molar-refractivity contribution in [2.24, 2.45) is 4.99 Å². The molecule has 28 heavy (non-hydrogen) atoms. The fourth-order valence-corrected chi connectivity index (χ4v) is 3.48. The van der Waals surface area contributed by atoms with Gasteiger partial charge < -0.3 is 4.90 Å². The number of aryl methyl sites for hydroxylation is 2. The Bertz CT molecular complexity index is 873. The third-order valence-electron chi connectivity index (χ3n) is 5.16. The van der Waals surface area contributed by atoms with Gasteiger partial charge in [0.05, 0.1) is 5.69 Å². The van der Waals surface area contributed by atoms with Crippen LogP contribution in [0.1, 0.15) is 43.0 Å². The standard InChI is InChI=1S/C26H30N2/c1-4-23-13-10-14-24(5-2)26(23)27-19-21-15-17-25(18-16-21)28(6-3)20-22-11-8-7-9-12-22/h7-19H,4-6,20H2,1-3H3.